The van der Waals surface area contributed by atoms with E-state index in [0.717, 1.165) is 5.57 Å². The van der Waals surface area contributed by atoms with Gasteiger partial charge in [0.2, 0.25) is 5.91 Å². The molecule has 1 fully saturated rings. The molecule has 0 aromatic heterocycles. The molecule has 0 radical (unpaired) electrons. The second kappa shape index (κ2) is 5.57. The number of hydrazine groups is 1. The number of carbonyl (C=O) groups is 1. The highest BCUT2D eigenvalue weighted by Gasteiger charge is 2.58. The third kappa shape index (κ3) is 2.27. The van der Waals surface area contributed by atoms with Crippen molar-refractivity contribution >= 4 is 17.7 Å². The van der Waals surface area contributed by atoms with Crippen LogP contribution < -0.4 is 22.3 Å². The fourth-order valence-electron chi connectivity index (χ4n) is 2.78. The summed E-state index contributed by atoms with van der Waals surface area (Å²) in [5, 5.41) is 8.22. The van der Waals surface area contributed by atoms with E-state index in [0.29, 0.717) is 12.4 Å². The summed E-state index contributed by atoms with van der Waals surface area (Å²) in [6.45, 7) is 4.13. The molecule has 2 atom stereocenters. The summed E-state index contributed by atoms with van der Waals surface area (Å²) in [4.78, 5) is 16.8. The fourth-order valence-corrected chi connectivity index (χ4v) is 2.78. The van der Waals surface area contributed by atoms with Gasteiger partial charge < -0.3 is 11.2 Å². The van der Waals surface area contributed by atoms with Crippen LogP contribution in [0.3, 0.4) is 0 Å². The van der Waals surface area contributed by atoms with Gasteiger partial charge >= 0.3 is 0 Å². The molecule has 0 aliphatic carbocycles. The number of fused-ring (bicyclic) bond motifs is 1. The zero-order chi connectivity index (χ0) is 15.6. The number of guanidine groups is 1. The molecule has 2 unspecified atom stereocenters. The van der Waals surface area contributed by atoms with Gasteiger partial charge in [0.1, 0.15) is 0 Å². The number of rotatable bonds is 3. The van der Waals surface area contributed by atoms with Crippen LogP contribution in [0, 0.1) is 5.92 Å². The number of nitrogens with zero attached hydrogens (tertiary/aromatic N) is 3. The molecule has 8 heteroatoms. The van der Waals surface area contributed by atoms with Crippen molar-refractivity contribution in [2.24, 2.45) is 27.6 Å². The molecule has 0 bridgehead atoms. The summed E-state index contributed by atoms with van der Waals surface area (Å²) in [6, 6.07) is 0. The van der Waals surface area contributed by atoms with Crippen molar-refractivity contribution in [3.63, 3.8) is 0 Å². The molecule has 0 aromatic carbocycles. The maximum absolute atomic E-state index is 12.3. The van der Waals surface area contributed by atoms with E-state index in [-0.39, 0.29) is 11.9 Å². The molecule has 0 spiro atoms. The number of amides is 1. The minimum atomic E-state index is -0.969. The molecule has 1 saturated heterocycles. The Labute approximate surface area is 123 Å². The van der Waals surface area contributed by atoms with Crippen LogP contribution in [0.1, 0.15) is 13.8 Å². The molecular weight excluding hydrogens is 270 g/mol. The zero-order valence-corrected chi connectivity index (χ0v) is 12.4. The van der Waals surface area contributed by atoms with Gasteiger partial charge in [0.25, 0.3) is 0 Å². The quantitative estimate of drug-likeness (QED) is 0.303. The van der Waals surface area contributed by atoms with E-state index in [1.165, 1.54) is 5.01 Å². The summed E-state index contributed by atoms with van der Waals surface area (Å²) < 4.78 is 0. The maximum atomic E-state index is 12.3. The normalized spacial score (nSPS) is 31.4. The summed E-state index contributed by atoms with van der Waals surface area (Å²) in [6.07, 6.45) is 5.68. The van der Waals surface area contributed by atoms with Crippen LogP contribution >= 0.6 is 0 Å². The lowest BCUT2D eigenvalue weighted by atomic mass is 9.78. The van der Waals surface area contributed by atoms with Gasteiger partial charge in [-0.25, -0.2) is 10.8 Å². The largest absolute Gasteiger partial charge is 0.370 e. The summed E-state index contributed by atoms with van der Waals surface area (Å²) in [5.41, 5.74) is 8.38. The summed E-state index contributed by atoms with van der Waals surface area (Å²) >= 11 is 0. The molecular formula is C13H21N7O. The average Bonchev–Trinajstić information content (AvgIpc) is 2.71. The molecule has 21 heavy (non-hydrogen) atoms. The number of hydrogen-bond acceptors (Lipinski definition) is 6. The highest BCUT2D eigenvalue weighted by Crippen LogP contribution is 2.40. The molecule has 2 rings (SSSR count). The van der Waals surface area contributed by atoms with Crippen molar-refractivity contribution in [3.8, 4) is 0 Å². The predicted molar refractivity (Wildman–Crippen MR) is 81.9 cm³/mol. The number of carbonyl (C=O) groups excluding carboxylic acids is 1. The number of nitrogens with one attached hydrogen (secondary N) is 2. The number of nitrogens with two attached hydrogens (primary N) is 2. The first kappa shape index (κ1) is 15.0. The Balaban J connectivity index is 2.67. The summed E-state index contributed by atoms with van der Waals surface area (Å²) in [5.74, 6) is 5.89. The molecule has 6 N–H and O–H groups in total. The van der Waals surface area contributed by atoms with Crippen LogP contribution in [0.4, 0.5) is 0 Å². The second-order valence-electron chi connectivity index (χ2n) is 4.99. The topological polar surface area (TPSA) is 121 Å². The molecule has 0 aromatic rings. The molecule has 0 saturated carbocycles. The molecule has 2 aliphatic rings. The monoisotopic (exact) mass is 291 g/mol. The van der Waals surface area contributed by atoms with Gasteiger partial charge in [-0.05, 0) is 19.4 Å². The molecule has 2 aliphatic heterocycles. The Morgan fingerprint density at radius 3 is 3.00 bits per heavy atom. The van der Waals surface area contributed by atoms with Crippen molar-refractivity contribution < 1.29 is 4.79 Å². The van der Waals surface area contributed by atoms with Gasteiger partial charge in [0.15, 0.2) is 17.3 Å². The van der Waals surface area contributed by atoms with Gasteiger partial charge in [-0.2, -0.15) is 5.10 Å². The average molecular weight is 291 g/mol. The number of hydrogen-bond donors (Lipinski definition) is 4. The minimum absolute atomic E-state index is 0.0728. The number of amidine groups is 1. The van der Waals surface area contributed by atoms with Gasteiger partial charge in [-0.1, -0.05) is 18.2 Å². The van der Waals surface area contributed by atoms with Crippen molar-refractivity contribution in [2.75, 3.05) is 13.6 Å². The van der Waals surface area contributed by atoms with Crippen LogP contribution in [0.2, 0.25) is 0 Å². The lowest BCUT2D eigenvalue weighted by Crippen LogP contribution is -2.57. The van der Waals surface area contributed by atoms with E-state index in [9.17, 15) is 4.79 Å². The van der Waals surface area contributed by atoms with E-state index < -0.39 is 11.5 Å². The number of hydrazone groups is 1. The first-order valence-corrected chi connectivity index (χ1v) is 6.70. The van der Waals surface area contributed by atoms with E-state index >= 15 is 0 Å². The van der Waals surface area contributed by atoms with Crippen LogP contribution in [0.5, 0.6) is 0 Å². The molecule has 1 amide bonds. The van der Waals surface area contributed by atoms with Crippen LogP contribution in [0.25, 0.3) is 0 Å². The first-order valence-electron chi connectivity index (χ1n) is 6.70. The van der Waals surface area contributed by atoms with Crippen molar-refractivity contribution in [2.45, 2.75) is 19.4 Å². The molecule has 2 heterocycles. The highest BCUT2D eigenvalue weighted by molar-refractivity contribution is 6.10. The van der Waals surface area contributed by atoms with Gasteiger partial charge in [-0.3, -0.25) is 15.1 Å². The predicted octanol–water partition coefficient (Wildman–Crippen LogP) is -0.969. The first-order chi connectivity index (χ1) is 9.97. The zero-order valence-electron chi connectivity index (χ0n) is 12.4. The van der Waals surface area contributed by atoms with Gasteiger partial charge in [-0.15, -0.1) is 0 Å². The lowest BCUT2D eigenvalue weighted by Gasteiger charge is -2.34. The second-order valence-corrected chi connectivity index (χ2v) is 4.99. The SMILES string of the molecule is C/C=C\C=C(/C)C12N=C(N)NC(=O)C1CN(N)/C2=N\NC. The Morgan fingerprint density at radius 1 is 1.67 bits per heavy atom. The minimum Gasteiger partial charge on any atom is -0.370 e. The molecule has 114 valence electrons. The Bertz CT molecular complexity index is 563. The Morgan fingerprint density at radius 2 is 2.38 bits per heavy atom. The fraction of sp³-hybridized carbons (Fsp3) is 0.462. The van der Waals surface area contributed by atoms with Crippen LogP contribution in [0.15, 0.2) is 33.9 Å². The van der Waals surface area contributed by atoms with Crippen molar-refractivity contribution in [3.05, 3.63) is 23.8 Å². The molecule has 8 nitrogen and oxygen atoms in total. The third-order valence-corrected chi connectivity index (χ3v) is 3.72. The van der Waals surface area contributed by atoms with Crippen molar-refractivity contribution in [1.29, 1.82) is 0 Å². The van der Waals surface area contributed by atoms with E-state index in [1.54, 1.807) is 7.05 Å². The third-order valence-electron chi connectivity index (χ3n) is 3.72. The van der Waals surface area contributed by atoms with E-state index in [4.69, 9.17) is 11.6 Å². The number of allylic oxidation sites excluding steroid dienone is 3. The lowest BCUT2D eigenvalue weighted by molar-refractivity contribution is -0.124. The van der Waals surface area contributed by atoms with Gasteiger partial charge in [0, 0.05) is 7.05 Å². The van der Waals surface area contributed by atoms with E-state index in [1.807, 2.05) is 32.1 Å². The van der Waals surface area contributed by atoms with E-state index in [2.05, 4.69) is 20.8 Å². The van der Waals surface area contributed by atoms with Crippen LogP contribution in [-0.4, -0.2) is 41.8 Å². The Kier molecular flexibility index (Phi) is 3.99. The smallest absolute Gasteiger partial charge is 0.234 e. The summed E-state index contributed by atoms with van der Waals surface area (Å²) in [7, 11) is 1.67. The Hall–Kier alpha value is -2.35. The highest BCUT2D eigenvalue weighted by atomic mass is 16.2. The standard InChI is InChI=1S/C13H21N7O/c1-4-5-6-8(2)13-9(10(21)17-12(14)18-13)7-20(15)11(13)19-16-3/h4-6,9,16H,7,15H2,1-3H3,(H3,14,17,18,21)/b5-4-,8-6+,19-11-. The number of aliphatic imine (C=N–C) groups is 1. The maximum Gasteiger partial charge on any atom is 0.234 e. The van der Waals surface area contributed by atoms with Gasteiger partial charge in [0.05, 0.1) is 12.5 Å². The van der Waals surface area contributed by atoms with Crippen molar-refractivity contribution in [1.82, 2.24) is 15.8 Å². The van der Waals surface area contributed by atoms with Crippen LogP contribution in [-0.2, 0) is 4.79 Å².